The van der Waals surface area contributed by atoms with Gasteiger partial charge in [-0.25, -0.2) is 26.6 Å². The maximum Gasteiger partial charge on any atom is 0.337 e. The van der Waals surface area contributed by atoms with E-state index in [1.54, 1.807) is 6.07 Å². The van der Waals surface area contributed by atoms with Gasteiger partial charge in [-0.1, -0.05) is 11.3 Å². The lowest BCUT2D eigenvalue weighted by molar-refractivity contribution is 0.0601. The molecule has 1 aromatic heterocycles. The molecule has 0 radical (unpaired) electrons. The fourth-order valence-electron chi connectivity index (χ4n) is 3.22. The monoisotopic (exact) mass is 513 g/mol. The van der Waals surface area contributed by atoms with Gasteiger partial charge in [-0.2, -0.15) is 0 Å². The molecule has 3 aromatic rings. The van der Waals surface area contributed by atoms with Gasteiger partial charge in [0.2, 0.25) is 10.0 Å². The van der Waals surface area contributed by atoms with Crippen LogP contribution in [0, 0.1) is 0 Å². The molecule has 0 atom stereocenters. The van der Waals surface area contributed by atoms with E-state index in [0.29, 0.717) is 22.2 Å². The van der Waals surface area contributed by atoms with Crippen LogP contribution in [0.25, 0.3) is 22.2 Å². The minimum atomic E-state index is -3.84. The topological polar surface area (TPSA) is 130 Å². The molecule has 34 heavy (non-hydrogen) atoms. The van der Waals surface area contributed by atoms with E-state index in [1.807, 2.05) is 0 Å². The summed E-state index contributed by atoms with van der Waals surface area (Å²) in [6.07, 6.45) is 1.21. The smallest absolute Gasteiger partial charge is 0.337 e. The number of nitrogens with two attached hydrogens (primary N) is 1. The Labute approximate surface area is 202 Å². The summed E-state index contributed by atoms with van der Waals surface area (Å²) >= 11 is 0. The van der Waals surface area contributed by atoms with Crippen molar-refractivity contribution in [3.05, 3.63) is 47.8 Å². The van der Waals surface area contributed by atoms with Crippen molar-refractivity contribution >= 4 is 39.4 Å². The first-order valence-electron chi connectivity index (χ1n) is 9.75. The standard InChI is InChI=1S/C21H24FN5O5S.ClH/c1-26(2)33(29,30)19-11-13(5-6-18(19)31-3)16-9-14(21(28)32-4)10-17-20(16)24-25-27(17)12-15(22)7-8-23;/h5-7,9-11H,8,12,23H2,1-4H3;1H/b15-7-;. The first kappa shape index (κ1) is 27.2. The van der Waals surface area contributed by atoms with Gasteiger partial charge in [-0.3, -0.25) is 0 Å². The van der Waals surface area contributed by atoms with Crippen molar-refractivity contribution < 1.29 is 27.1 Å². The third-order valence-electron chi connectivity index (χ3n) is 4.92. The number of nitrogens with zero attached hydrogens (tertiary/aromatic N) is 4. The van der Waals surface area contributed by atoms with Gasteiger partial charge in [-0.15, -0.1) is 17.5 Å². The number of allylic oxidation sites excluding steroid dienone is 1. The number of benzene rings is 2. The lowest BCUT2D eigenvalue weighted by Gasteiger charge is -2.16. The summed E-state index contributed by atoms with van der Waals surface area (Å²) in [7, 11) is 1.58. The summed E-state index contributed by atoms with van der Waals surface area (Å²) in [6, 6.07) is 7.58. The Morgan fingerprint density at radius 3 is 2.53 bits per heavy atom. The average Bonchev–Trinajstić information content (AvgIpc) is 3.19. The second-order valence-electron chi connectivity index (χ2n) is 7.17. The van der Waals surface area contributed by atoms with Gasteiger partial charge in [0.25, 0.3) is 0 Å². The highest BCUT2D eigenvalue weighted by molar-refractivity contribution is 7.89. The lowest BCUT2D eigenvalue weighted by atomic mass is 10.0. The summed E-state index contributed by atoms with van der Waals surface area (Å²) in [6.45, 7) is -0.216. The minimum Gasteiger partial charge on any atom is -0.495 e. The molecular weight excluding hydrogens is 489 g/mol. The van der Waals surface area contributed by atoms with Crippen molar-refractivity contribution in [3.8, 4) is 16.9 Å². The van der Waals surface area contributed by atoms with Crippen LogP contribution in [0.3, 0.4) is 0 Å². The van der Waals surface area contributed by atoms with Gasteiger partial charge in [0.1, 0.15) is 22.0 Å². The lowest BCUT2D eigenvalue weighted by Crippen LogP contribution is -2.22. The normalized spacial score (nSPS) is 12.0. The zero-order valence-corrected chi connectivity index (χ0v) is 20.6. The average molecular weight is 514 g/mol. The van der Waals surface area contributed by atoms with Crippen molar-refractivity contribution in [2.75, 3.05) is 34.9 Å². The van der Waals surface area contributed by atoms with Crippen LogP contribution in [0.2, 0.25) is 0 Å². The van der Waals surface area contributed by atoms with E-state index in [-0.39, 0.29) is 41.7 Å². The number of ether oxygens (including phenoxy) is 2. The number of methoxy groups -OCH3 is 2. The molecule has 0 saturated carbocycles. The molecule has 3 rings (SSSR count). The number of rotatable bonds is 8. The molecule has 13 heteroatoms. The molecule has 10 nitrogen and oxygen atoms in total. The van der Waals surface area contributed by atoms with Gasteiger partial charge in [0.05, 0.1) is 31.8 Å². The third-order valence-corrected chi connectivity index (χ3v) is 6.75. The van der Waals surface area contributed by atoms with Gasteiger partial charge in [0, 0.05) is 26.2 Å². The number of fused-ring (bicyclic) bond motifs is 1. The van der Waals surface area contributed by atoms with Crippen LogP contribution < -0.4 is 10.5 Å². The zero-order chi connectivity index (χ0) is 24.3. The number of hydrogen-bond donors (Lipinski definition) is 1. The Morgan fingerprint density at radius 1 is 1.24 bits per heavy atom. The number of esters is 1. The van der Waals surface area contributed by atoms with Crippen molar-refractivity contribution in [1.82, 2.24) is 19.3 Å². The Bertz CT molecular complexity index is 1340. The van der Waals surface area contributed by atoms with Crippen LogP contribution in [0.1, 0.15) is 10.4 Å². The molecule has 2 aromatic carbocycles. The minimum absolute atomic E-state index is 0. The number of carbonyl (C=O) groups excluding carboxylic acids is 1. The summed E-state index contributed by atoms with van der Waals surface area (Å²) < 4.78 is 52.2. The molecule has 0 unspecified atom stereocenters. The van der Waals surface area contributed by atoms with Gasteiger partial charge < -0.3 is 15.2 Å². The largest absolute Gasteiger partial charge is 0.495 e. The highest BCUT2D eigenvalue weighted by Crippen LogP contribution is 2.35. The molecule has 0 saturated heterocycles. The number of aromatic nitrogens is 3. The van der Waals surface area contributed by atoms with E-state index in [4.69, 9.17) is 15.2 Å². The maximum atomic E-state index is 14.1. The summed E-state index contributed by atoms with van der Waals surface area (Å²) in [5.74, 6) is -0.984. The molecule has 0 amide bonds. The Kier molecular flexibility index (Phi) is 8.72. The van der Waals surface area contributed by atoms with Crippen molar-refractivity contribution in [1.29, 1.82) is 0 Å². The highest BCUT2D eigenvalue weighted by atomic mass is 35.5. The summed E-state index contributed by atoms with van der Waals surface area (Å²) in [5, 5.41) is 8.15. The number of sulfonamides is 1. The quantitative estimate of drug-likeness (QED) is 0.454. The number of carbonyl (C=O) groups is 1. The van der Waals surface area contributed by atoms with E-state index in [0.717, 1.165) is 4.31 Å². The van der Waals surface area contributed by atoms with E-state index < -0.39 is 21.8 Å². The van der Waals surface area contributed by atoms with Gasteiger partial charge >= 0.3 is 5.97 Å². The van der Waals surface area contributed by atoms with Crippen LogP contribution in [0.5, 0.6) is 5.75 Å². The number of halogens is 2. The maximum absolute atomic E-state index is 14.1. The third kappa shape index (κ3) is 5.20. The molecule has 0 aliphatic rings. The molecule has 0 bridgehead atoms. The molecule has 1 heterocycles. The van der Waals surface area contributed by atoms with Crippen LogP contribution >= 0.6 is 12.4 Å². The highest BCUT2D eigenvalue weighted by Gasteiger charge is 2.24. The van der Waals surface area contributed by atoms with Crippen molar-refractivity contribution in [2.24, 2.45) is 5.73 Å². The molecule has 0 aliphatic heterocycles. The fraction of sp³-hybridized carbons (Fsp3) is 0.286. The molecule has 0 fully saturated rings. The summed E-state index contributed by atoms with van der Waals surface area (Å²) in [5.41, 5.74) is 7.10. The van der Waals surface area contributed by atoms with Crippen LogP contribution in [0.15, 0.2) is 47.1 Å². The van der Waals surface area contributed by atoms with Crippen molar-refractivity contribution in [3.63, 3.8) is 0 Å². The molecular formula is C21H25ClFN5O5S. The fourth-order valence-corrected chi connectivity index (χ4v) is 4.29. The van der Waals surface area contributed by atoms with Gasteiger partial charge in [0.15, 0.2) is 0 Å². The first-order valence-corrected chi connectivity index (χ1v) is 11.2. The Hall–Kier alpha value is -3.06. The first-order chi connectivity index (χ1) is 15.6. The van der Waals surface area contributed by atoms with Crippen LogP contribution in [-0.4, -0.2) is 68.5 Å². The predicted octanol–water partition coefficient (Wildman–Crippen LogP) is 2.38. The van der Waals surface area contributed by atoms with Crippen LogP contribution in [-0.2, 0) is 21.3 Å². The second-order valence-corrected chi connectivity index (χ2v) is 9.29. The van der Waals surface area contributed by atoms with E-state index in [1.165, 1.54) is 63.3 Å². The molecule has 0 aliphatic carbocycles. The van der Waals surface area contributed by atoms with E-state index in [2.05, 4.69) is 10.3 Å². The second kappa shape index (κ2) is 10.9. The van der Waals surface area contributed by atoms with E-state index >= 15 is 0 Å². The predicted molar refractivity (Wildman–Crippen MR) is 127 cm³/mol. The summed E-state index contributed by atoms with van der Waals surface area (Å²) in [4.78, 5) is 12.3. The van der Waals surface area contributed by atoms with E-state index in [9.17, 15) is 17.6 Å². The van der Waals surface area contributed by atoms with Gasteiger partial charge in [-0.05, 0) is 35.9 Å². The SMILES string of the molecule is COC(=O)c1cc(-c2ccc(OC)c(S(=O)(=O)N(C)C)c2)c2nnn(C/C(F)=C/CN)c2c1.Cl. The Balaban J connectivity index is 0.00000408. The zero-order valence-electron chi connectivity index (χ0n) is 19.0. The number of hydrogen-bond acceptors (Lipinski definition) is 8. The molecule has 2 N–H and O–H groups in total. The van der Waals surface area contributed by atoms with Crippen molar-refractivity contribution in [2.45, 2.75) is 11.4 Å². The molecule has 0 spiro atoms. The molecule has 184 valence electrons. The Morgan fingerprint density at radius 2 is 1.94 bits per heavy atom. The van der Waals surface area contributed by atoms with Crippen LogP contribution in [0.4, 0.5) is 4.39 Å².